The van der Waals surface area contributed by atoms with Crippen LogP contribution in [0.25, 0.3) is 11.1 Å². The van der Waals surface area contributed by atoms with Crippen molar-refractivity contribution in [2.75, 3.05) is 0 Å². The summed E-state index contributed by atoms with van der Waals surface area (Å²) in [5.74, 6) is -0.846. The summed E-state index contributed by atoms with van der Waals surface area (Å²) in [5, 5.41) is 9.53. The van der Waals surface area contributed by atoms with Gasteiger partial charge in [-0.3, -0.25) is 4.79 Å². The van der Waals surface area contributed by atoms with Gasteiger partial charge in [-0.2, -0.15) is 0 Å². The fraction of sp³-hybridized carbons (Fsp3) is 0.133. The summed E-state index contributed by atoms with van der Waals surface area (Å²) in [6, 6.07) is 11.9. The van der Waals surface area contributed by atoms with E-state index in [0.29, 0.717) is 5.02 Å². The summed E-state index contributed by atoms with van der Waals surface area (Å²) >= 11 is 6.13. The van der Waals surface area contributed by atoms with Gasteiger partial charge in [0.1, 0.15) is 0 Å². The second-order valence-electron chi connectivity index (χ2n) is 4.46. The van der Waals surface area contributed by atoms with E-state index >= 15 is 0 Å². The van der Waals surface area contributed by atoms with E-state index in [1.165, 1.54) is 11.1 Å². The number of carbonyl (C=O) groups is 1. The predicted molar refractivity (Wildman–Crippen MR) is 71.0 cm³/mol. The number of carboxylic acids is 1. The molecular weight excluding hydrogens is 248 g/mol. The third-order valence-electron chi connectivity index (χ3n) is 3.38. The Morgan fingerprint density at radius 1 is 1.17 bits per heavy atom. The Kier molecular flexibility index (Phi) is 2.60. The molecule has 0 bridgehead atoms. The van der Waals surface area contributed by atoms with Gasteiger partial charge in [0.05, 0.1) is 6.42 Å². The molecule has 0 saturated heterocycles. The van der Waals surface area contributed by atoms with Gasteiger partial charge in [-0.1, -0.05) is 41.9 Å². The van der Waals surface area contributed by atoms with Gasteiger partial charge in [-0.05, 0) is 40.3 Å². The fourth-order valence-electron chi connectivity index (χ4n) is 2.59. The maximum atomic E-state index is 10.9. The maximum Gasteiger partial charge on any atom is 0.307 e. The number of benzene rings is 2. The van der Waals surface area contributed by atoms with Gasteiger partial charge in [0.25, 0.3) is 0 Å². The summed E-state index contributed by atoms with van der Waals surface area (Å²) in [6.45, 7) is 0. The second-order valence-corrected chi connectivity index (χ2v) is 4.86. The molecule has 0 spiro atoms. The minimum Gasteiger partial charge on any atom is -0.481 e. The molecule has 1 aliphatic rings. The molecule has 0 fully saturated rings. The summed E-state index contributed by atoms with van der Waals surface area (Å²) in [7, 11) is 0. The number of hydrogen-bond donors (Lipinski definition) is 1. The zero-order valence-corrected chi connectivity index (χ0v) is 10.4. The Labute approximate surface area is 110 Å². The first-order valence-electron chi connectivity index (χ1n) is 5.77. The van der Waals surface area contributed by atoms with Crippen molar-refractivity contribution in [3.8, 4) is 11.1 Å². The van der Waals surface area contributed by atoms with E-state index in [9.17, 15) is 4.79 Å². The van der Waals surface area contributed by atoms with Crippen LogP contribution in [0.1, 0.15) is 16.7 Å². The van der Waals surface area contributed by atoms with Crippen molar-refractivity contribution in [1.29, 1.82) is 0 Å². The zero-order valence-electron chi connectivity index (χ0n) is 9.61. The van der Waals surface area contributed by atoms with Gasteiger partial charge in [-0.15, -0.1) is 0 Å². The molecule has 0 amide bonds. The van der Waals surface area contributed by atoms with Crippen molar-refractivity contribution in [1.82, 2.24) is 0 Å². The normalized spacial score (nSPS) is 12.1. The highest BCUT2D eigenvalue weighted by Gasteiger charge is 2.23. The lowest BCUT2D eigenvalue weighted by atomic mass is 9.99. The molecule has 2 aromatic carbocycles. The lowest BCUT2D eigenvalue weighted by molar-refractivity contribution is -0.136. The largest absolute Gasteiger partial charge is 0.481 e. The molecule has 2 nitrogen and oxygen atoms in total. The van der Waals surface area contributed by atoms with Crippen LogP contribution in [0.2, 0.25) is 5.02 Å². The highest BCUT2D eigenvalue weighted by atomic mass is 35.5. The number of aliphatic carboxylic acids is 1. The molecule has 3 rings (SSSR count). The lowest BCUT2D eigenvalue weighted by Gasteiger charge is -2.08. The first-order valence-corrected chi connectivity index (χ1v) is 6.15. The molecule has 0 heterocycles. The minimum absolute atomic E-state index is 0.0179. The van der Waals surface area contributed by atoms with Crippen molar-refractivity contribution in [2.24, 2.45) is 0 Å². The number of rotatable bonds is 2. The third kappa shape index (κ3) is 1.70. The highest BCUT2D eigenvalue weighted by Crippen LogP contribution is 2.40. The molecule has 18 heavy (non-hydrogen) atoms. The molecule has 1 N–H and O–H groups in total. The van der Waals surface area contributed by atoms with Crippen LogP contribution < -0.4 is 0 Å². The van der Waals surface area contributed by atoms with E-state index in [2.05, 4.69) is 12.1 Å². The topological polar surface area (TPSA) is 37.3 Å². The molecule has 1 aliphatic carbocycles. The zero-order chi connectivity index (χ0) is 12.7. The quantitative estimate of drug-likeness (QED) is 0.763. The second kappa shape index (κ2) is 4.14. The van der Waals surface area contributed by atoms with Crippen LogP contribution in [0.3, 0.4) is 0 Å². The van der Waals surface area contributed by atoms with E-state index in [1.807, 2.05) is 18.2 Å². The summed E-state index contributed by atoms with van der Waals surface area (Å²) in [4.78, 5) is 10.9. The van der Waals surface area contributed by atoms with Gasteiger partial charge in [0, 0.05) is 5.02 Å². The fourth-order valence-corrected chi connectivity index (χ4v) is 2.83. The van der Waals surface area contributed by atoms with Crippen LogP contribution >= 0.6 is 11.6 Å². The molecule has 0 unspecified atom stereocenters. The van der Waals surface area contributed by atoms with Crippen molar-refractivity contribution in [2.45, 2.75) is 12.8 Å². The average Bonchev–Trinajstić information content (AvgIpc) is 2.71. The van der Waals surface area contributed by atoms with Crippen LogP contribution in [0.5, 0.6) is 0 Å². The van der Waals surface area contributed by atoms with Crippen LogP contribution in [0.4, 0.5) is 0 Å². The van der Waals surface area contributed by atoms with Gasteiger partial charge in [-0.25, -0.2) is 0 Å². The third-order valence-corrected chi connectivity index (χ3v) is 3.73. The number of fused-ring (bicyclic) bond motifs is 3. The smallest absolute Gasteiger partial charge is 0.307 e. The molecule has 0 aliphatic heterocycles. The molecular formula is C15H11ClO2. The minimum atomic E-state index is -0.846. The van der Waals surface area contributed by atoms with Gasteiger partial charge in [0.15, 0.2) is 0 Å². The van der Waals surface area contributed by atoms with Gasteiger partial charge < -0.3 is 5.11 Å². The average molecular weight is 259 g/mol. The van der Waals surface area contributed by atoms with Crippen LogP contribution in [0.15, 0.2) is 36.4 Å². The van der Waals surface area contributed by atoms with E-state index in [1.54, 1.807) is 6.07 Å². The Balaban J connectivity index is 2.19. The van der Waals surface area contributed by atoms with Crippen molar-refractivity contribution < 1.29 is 9.90 Å². The Bertz CT molecular complexity index is 647. The number of hydrogen-bond acceptors (Lipinski definition) is 1. The van der Waals surface area contributed by atoms with E-state index < -0.39 is 5.97 Å². The monoisotopic (exact) mass is 258 g/mol. The Morgan fingerprint density at radius 2 is 1.94 bits per heavy atom. The number of halogens is 1. The summed E-state index contributed by atoms with van der Waals surface area (Å²) in [6.07, 6.45) is 0.755. The highest BCUT2D eigenvalue weighted by molar-refractivity contribution is 6.31. The Morgan fingerprint density at radius 3 is 2.72 bits per heavy atom. The molecule has 90 valence electrons. The van der Waals surface area contributed by atoms with Crippen molar-refractivity contribution in [3.63, 3.8) is 0 Å². The SMILES string of the molecule is O=C(O)Cc1c(Cl)ccc2c1Cc1ccccc1-2. The van der Waals surface area contributed by atoms with Crippen molar-refractivity contribution >= 4 is 17.6 Å². The van der Waals surface area contributed by atoms with E-state index in [-0.39, 0.29) is 6.42 Å². The first kappa shape index (κ1) is 11.3. The number of carboxylic acid groups (broad SMARTS) is 1. The molecule has 0 atom stereocenters. The van der Waals surface area contributed by atoms with Crippen LogP contribution in [-0.2, 0) is 17.6 Å². The van der Waals surface area contributed by atoms with E-state index in [0.717, 1.165) is 23.1 Å². The Hall–Kier alpha value is -1.80. The maximum absolute atomic E-state index is 10.9. The first-order chi connectivity index (χ1) is 8.66. The van der Waals surface area contributed by atoms with E-state index in [4.69, 9.17) is 16.7 Å². The molecule has 0 saturated carbocycles. The van der Waals surface area contributed by atoms with Crippen LogP contribution in [0, 0.1) is 0 Å². The molecule has 3 heteroatoms. The van der Waals surface area contributed by atoms with Gasteiger partial charge >= 0.3 is 5.97 Å². The standard InChI is InChI=1S/C15H11ClO2/c16-14-6-5-11-10-4-2-1-3-9(10)7-12(11)13(14)8-15(17)18/h1-6H,7-8H2,(H,17,18). The lowest BCUT2D eigenvalue weighted by Crippen LogP contribution is -2.04. The molecule has 0 radical (unpaired) electrons. The molecule has 2 aromatic rings. The summed E-state index contributed by atoms with van der Waals surface area (Å²) in [5.41, 5.74) is 5.35. The van der Waals surface area contributed by atoms with Crippen molar-refractivity contribution in [3.05, 3.63) is 58.1 Å². The molecule has 0 aromatic heterocycles. The van der Waals surface area contributed by atoms with Gasteiger partial charge in [0.2, 0.25) is 0 Å². The van der Waals surface area contributed by atoms with Crippen LogP contribution in [-0.4, -0.2) is 11.1 Å². The summed E-state index contributed by atoms with van der Waals surface area (Å²) < 4.78 is 0. The predicted octanol–water partition coefficient (Wildman–Crippen LogP) is 3.54.